The van der Waals surface area contributed by atoms with Crippen LogP contribution in [-0.4, -0.2) is 11.3 Å². The number of hydrogen-bond donors (Lipinski definition) is 0. The minimum Gasteiger partial charge on any atom is -0.458 e. The first-order chi connectivity index (χ1) is 29.9. The van der Waals surface area contributed by atoms with E-state index in [0.717, 1.165) is 69.8 Å². The average molecular weight is 789 g/mol. The predicted molar refractivity (Wildman–Crippen MR) is 257 cm³/mol. The van der Waals surface area contributed by atoms with E-state index >= 15 is 0 Å². The minimum atomic E-state index is -0.133. The van der Waals surface area contributed by atoms with Crippen LogP contribution < -0.4 is 26.0 Å². The molecule has 0 aliphatic carbocycles. The van der Waals surface area contributed by atoms with Gasteiger partial charge in [0.15, 0.2) is 0 Å². The van der Waals surface area contributed by atoms with Gasteiger partial charge in [-0.25, -0.2) is 0 Å². The van der Waals surface area contributed by atoms with Crippen LogP contribution in [0.1, 0.15) is 51.7 Å². The number of aryl methyl sites for hydroxylation is 1. The van der Waals surface area contributed by atoms with Gasteiger partial charge in [0.1, 0.15) is 22.7 Å². The molecule has 0 spiro atoms. The summed E-state index contributed by atoms with van der Waals surface area (Å²) < 4.78 is 16.4. The molecule has 0 atom stereocenters. The highest BCUT2D eigenvalue weighted by Crippen LogP contribution is 2.47. The number of unbranched alkanes of at least 4 members (excludes halogenated alkanes) is 1. The smallest absolute Gasteiger partial charge is 0.256 e. The van der Waals surface area contributed by atoms with Gasteiger partial charge in [-0.3, -0.25) is 0 Å². The summed E-state index contributed by atoms with van der Waals surface area (Å²) in [7, 11) is 0. The average Bonchev–Trinajstić information content (AvgIpc) is 3.84. The quantitative estimate of drug-likeness (QED) is 0.157. The van der Waals surface area contributed by atoms with Crippen LogP contribution in [0, 0.1) is 0 Å². The molecule has 294 valence electrons. The van der Waals surface area contributed by atoms with E-state index < -0.39 is 0 Å². The Bertz CT molecular complexity index is 3330. The third-order valence-corrected chi connectivity index (χ3v) is 13.2. The van der Waals surface area contributed by atoms with Crippen molar-refractivity contribution in [2.24, 2.45) is 0 Å². The SMILES string of the molecule is CCCCc1c(N2c3cc(-n4c5ccccc5c5ccccc54)ccc3B3c4cc(-c5ccccc5)ccc4Oc4cc(C(C)(C)C)cc2c43)ccc2c1oc1ccccc12. The Kier molecular flexibility index (Phi) is 7.96. The largest absolute Gasteiger partial charge is 0.458 e. The van der Waals surface area contributed by atoms with Crippen molar-refractivity contribution >= 4 is 83.9 Å². The van der Waals surface area contributed by atoms with Gasteiger partial charge in [0.2, 0.25) is 0 Å². The zero-order valence-corrected chi connectivity index (χ0v) is 35.0. The first-order valence-corrected chi connectivity index (χ1v) is 21.8. The molecule has 2 aliphatic rings. The highest BCUT2D eigenvalue weighted by Gasteiger charge is 2.43. The first kappa shape index (κ1) is 35.9. The molecular weight excluding hydrogens is 743 g/mol. The van der Waals surface area contributed by atoms with Crippen LogP contribution >= 0.6 is 0 Å². The van der Waals surface area contributed by atoms with Gasteiger partial charge in [0.25, 0.3) is 6.71 Å². The second kappa shape index (κ2) is 13.5. The highest BCUT2D eigenvalue weighted by molar-refractivity contribution is 6.99. The molecule has 10 aromatic rings. The molecule has 61 heavy (non-hydrogen) atoms. The van der Waals surface area contributed by atoms with Gasteiger partial charge in [-0.1, -0.05) is 137 Å². The number of ether oxygens (including phenoxy) is 1. The zero-order chi connectivity index (χ0) is 41.0. The Morgan fingerprint density at radius 2 is 1.28 bits per heavy atom. The van der Waals surface area contributed by atoms with Crippen LogP contribution in [0.3, 0.4) is 0 Å². The maximum Gasteiger partial charge on any atom is 0.256 e. The lowest BCUT2D eigenvalue weighted by Crippen LogP contribution is -2.59. The van der Waals surface area contributed by atoms with Gasteiger partial charge in [0.05, 0.1) is 16.7 Å². The number of rotatable bonds is 6. The molecule has 2 aliphatic heterocycles. The summed E-state index contributed by atoms with van der Waals surface area (Å²) in [6, 6.07) is 60.1. The Balaban J connectivity index is 1.19. The second-order valence-electron chi connectivity index (χ2n) is 17.9. The fourth-order valence-corrected chi connectivity index (χ4v) is 10.2. The zero-order valence-electron chi connectivity index (χ0n) is 35.0. The summed E-state index contributed by atoms with van der Waals surface area (Å²) in [6.07, 6.45) is 3.02. The molecule has 4 nitrogen and oxygen atoms in total. The number of furan rings is 1. The Hall–Kier alpha value is -6.98. The number of benzene rings is 8. The molecule has 4 heterocycles. The molecule has 0 N–H and O–H groups in total. The van der Waals surface area contributed by atoms with Crippen LogP contribution in [0.25, 0.3) is 60.6 Å². The fourth-order valence-electron chi connectivity index (χ4n) is 10.2. The van der Waals surface area contributed by atoms with Crippen molar-refractivity contribution < 1.29 is 9.15 Å². The van der Waals surface area contributed by atoms with Crippen molar-refractivity contribution in [1.82, 2.24) is 4.57 Å². The third kappa shape index (κ3) is 5.46. The number of para-hydroxylation sites is 3. The molecule has 0 unspecified atom stereocenters. The highest BCUT2D eigenvalue weighted by atomic mass is 16.5. The van der Waals surface area contributed by atoms with Crippen molar-refractivity contribution in [1.29, 1.82) is 0 Å². The van der Waals surface area contributed by atoms with E-state index in [-0.39, 0.29) is 12.1 Å². The molecule has 8 aromatic carbocycles. The summed E-state index contributed by atoms with van der Waals surface area (Å²) in [6.45, 7) is 9.13. The normalized spacial score (nSPS) is 13.2. The lowest BCUT2D eigenvalue weighted by molar-refractivity contribution is 0.483. The van der Waals surface area contributed by atoms with Gasteiger partial charge in [0, 0.05) is 44.2 Å². The van der Waals surface area contributed by atoms with Gasteiger partial charge in [-0.15, -0.1) is 0 Å². The molecule has 0 amide bonds. The van der Waals surface area contributed by atoms with E-state index in [1.807, 2.05) is 0 Å². The third-order valence-electron chi connectivity index (χ3n) is 13.2. The van der Waals surface area contributed by atoms with Crippen molar-refractivity contribution in [3.63, 3.8) is 0 Å². The molecule has 0 radical (unpaired) electrons. The summed E-state index contributed by atoms with van der Waals surface area (Å²) in [5.41, 5.74) is 17.2. The molecule has 0 fully saturated rings. The Labute approximate surface area is 356 Å². The van der Waals surface area contributed by atoms with Crippen LogP contribution in [0.2, 0.25) is 0 Å². The predicted octanol–water partition coefficient (Wildman–Crippen LogP) is 13.4. The molecule has 0 saturated heterocycles. The van der Waals surface area contributed by atoms with Gasteiger partial charge in [-0.05, 0) is 112 Å². The topological polar surface area (TPSA) is 30.5 Å². The number of aromatic nitrogens is 1. The van der Waals surface area contributed by atoms with Gasteiger partial charge >= 0.3 is 0 Å². The van der Waals surface area contributed by atoms with Crippen LogP contribution in [0.5, 0.6) is 11.5 Å². The van der Waals surface area contributed by atoms with E-state index in [9.17, 15) is 0 Å². The van der Waals surface area contributed by atoms with Crippen molar-refractivity contribution in [3.05, 3.63) is 175 Å². The first-order valence-electron chi connectivity index (χ1n) is 21.8. The summed E-state index contributed by atoms with van der Waals surface area (Å²) in [5.74, 6) is 1.84. The van der Waals surface area contributed by atoms with Crippen molar-refractivity contribution in [2.45, 2.75) is 52.4 Å². The summed E-state index contributed by atoms with van der Waals surface area (Å²) >= 11 is 0. The minimum absolute atomic E-state index is 0.0566. The summed E-state index contributed by atoms with van der Waals surface area (Å²) in [4.78, 5) is 2.56. The van der Waals surface area contributed by atoms with Crippen molar-refractivity contribution in [3.8, 4) is 28.3 Å². The molecule has 0 saturated carbocycles. The molecule has 5 heteroatoms. The molecule has 12 rings (SSSR count). The lowest BCUT2D eigenvalue weighted by atomic mass is 9.34. The van der Waals surface area contributed by atoms with Gasteiger partial charge in [-0.2, -0.15) is 0 Å². The van der Waals surface area contributed by atoms with E-state index in [1.54, 1.807) is 0 Å². The van der Waals surface area contributed by atoms with Crippen molar-refractivity contribution in [2.75, 3.05) is 4.90 Å². The maximum atomic E-state index is 7.09. The summed E-state index contributed by atoms with van der Waals surface area (Å²) in [5, 5.41) is 4.82. The van der Waals surface area contributed by atoms with E-state index in [0.29, 0.717) is 0 Å². The van der Waals surface area contributed by atoms with Crippen LogP contribution in [0.15, 0.2) is 168 Å². The lowest BCUT2D eigenvalue weighted by Gasteiger charge is -2.42. The molecule has 0 bridgehead atoms. The van der Waals surface area contributed by atoms with Crippen LogP contribution in [0.4, 0.5) is 17.1 Å². The Morgan fingerprint density at radius 1 is 0.557 bits per heavy atom. The number of anilines is 3. The fraction of sp³-hybridized carbons (Fsp3) is 0.143. The standard InChI is InChI=1S/C56H45BN2O2/c1-5-6-18-43-48(29-27-42-41-21-12-15-24-51(41)61-55(42)43)59-49-34-38(58-46-22-13-10-19-39(46)40-20-11-14-23-47(40)58)26-28-44(49)57-45-31-36(35-16-8-7-9-17-35)25-30-52(45)60-53-33-37(56(2,3)4)32-50(59)54(53)57/h7-17,19-34H,5-6,18H2,1-4H3. The molecular formula is C56H45BN2O2. The number of hydrogen-bond acceptors (Lipinski definition) is 3. The second-order valence-corrected chi connectivity index (χ2v) is 17.9. The van der Waals surface area contributed by atoms with Crippen LogP contribution in [-0.2, 0) is 11.8 Å². The molecule has 2 aromatic heterocycles. The monoisotopic (exact) mass is 788 g/mol. The number of nitrogens with zero attached hydrogens (tertiary/aromatic N) is 2. The van der Waals surface area contributed by atoms with E-state index in [4.69, 9.17) is 9.15 Å². The maximum absolute atomic E-state index is 7.09. The number of fused-ring (bicyclic) bond motifs is 10. The van der Waals surface area contributed by atoms with Gasteiger partial charge < -0.3 is 18.6 Å². The van der Waals surface area contributed by atoms with E-state index in [1.165, 1.54) is 66.1 Å². The Morgan fingerprint density at radius 3 is 2.03 bits per heavy atom. The van der Waals surface area contributed by atoms with E-state index in [2.05, 4.69) is 201 Å².